The molecular formula is C13H19N3. The van der Waals surface area contributed by atoms with Gasteiger partial charge in [0.15, 0.2) is 5.96 Å². The lowest BCUT2D eigenvalue weighted by Crippen LogP contribution is -2.27. The molecule has 16 heavy (non-hydrogen) atoms. The first-order valence-corrected chi connectivity index (χ1v) is 5.97. The number of hydrogen-bond donors (Lipinski definition) is 2. The van der Waals surface area contributed by atoms with Gasteiger partial charge in [-0.05, 0) is 43.4 Å². The van der Waals surface area contributed by atoms with Crippen molar-refractivity contribution < 1.29 is 0 Å². The Morgan fingerprint density at radius 1 is 1.38 bits per heavy atom. The third-order valence-electron chi connectivity index (χ3n) is 3.03. The number of aryl methyl sites for hydroxylation is 1. The van der Waals surface area contributed by atoms with Crippen molar-refractivity contribution in [3.8, 4) is 0 Å². The number of guanidine groups is 1. The fourth-order valence-corrected chi connectivity index (χ4v) is 1.72. The van der Waals surface area contributed by atoms with Gasteiger partial charge in [0.25, 0.3) is 0 Å². The molecule has 1 saturated carbocycles. The Bertz CT molecular complexity index is 363. The Hall–Kier alpha value is -1.51. The van der Waals surface area contributed by atoms with E-state index in [1.165, 1.54) is 24.8 Å². The van der Waals surface area contributed by atoms with Gasteiger partial charge >= 0.3 is 0 Å². The van der Waals surface area contributed by atoms with Crippen LogP contribution in [0.5, 0.6) is 0 Å². The average molecular weight is 217 g/mol. The number of aliphatic imine (C=N–C) groups is 1. The summed E-state index contributed by atoms with van der Waals surface area (Å²) >= 11 is 0. The predicted molar refractivity (Wildman–Crippen MR) is 68.7 cm³/mol. The SMILES string of the molecule is CCc1ccc(NC(N)=NC2CCC2)cc1. The summed E-state index contributed by atoms with van der Waals surface area (Å²) in [4.78, 5) is 4.40. The highest BCUT2D eigenvalue weighted by Gasteiger charge is 2.16. The first-order valence-electron chi connectivity index (χ1n) is 5.97. The van der Waals surface area contributed by atoms with Gasteiger partial charge in [-0.1, -0.05) is 19.1 Å². The Labute approximate surface area is 96.8 Å². The summed E-state index contributed by atoms with van der Waals surface area (Å²) in [7, 11) is 0. The molecule has 2 rings (SSSR count). The summed E-state index contributed by atoms with van der Waals surface area (Å²) in [6.45, 7) is 2.15. The molecule has 0 bridgehead atoms. The van der Waals surface area contributed by atoms with E-state index >= 15 is 0 Å². The van der Waals surface area contributed by atoms with Crippen molar-refractivity contribution in [1.82, 2.24) is 0 Å². The molecule has 3 heteroatoms. The van der Waals surface area contributed by atoms with Gasteiger partial charge in [0.1, 0.15) is 0 Å². The normalized spacial score (nSPS) is 16.9. The van der Waals surface area contributed by atoms with Crippen LogP contribution in [0.2, 0.25) is 0 Å². The third-order valence-corrected chi connectivity index (χ3v) is 3.03. The second-order valence-corrected chi connectivity index (χ2v) is 4.27. The molecule has 1 aliphatic rings. The molecule has 0 amide bonds. The molecule has 0 radical (unpaired) electrons. The molecule has 1 aromatic carbocycles. The first kappa shape index (κ1) is 11.0. The summed E-state index contributed by atoms with van der Waals surface area (Å²) in [5.41, 5.74) is 8.17. The highest BCUT2D eigenvalue weighted by atomic mass is 15.1. The maximum atomic E-state index is 5.83. The second-order valence-electron chi connectivity index (χ2n) is 4.27. The summed E-state index contributed by atoms with van der Waals surface area (Å²) in [6.07, 6.45) is 4.70. The van der Waals surface area contributed by atoms with E-state index in [1.54, 1.807) is 0 Å². The molecule has 1 fully saturated rings. The minimum atomic E-state index is 0.447. The van der Waals surface area contributed by atoms with E-state index in [0.29, 0.717) is 12.0 Å². The molecule has 1 aliphatic carbocycles. The smallest absolute Gasteiger partial charge is 0.193 e. The van der Waals surface area contributed by atoms with Crippen LogP contribution in [0, 0.1) is 0 Å². The molecule has 0 saturated heterocycles. The van der Waals surface area contributed by atoms with Gasteiger partial charge in [0.2, 0.25) is 0 Å². The molecule has 3 nitrogen and oxygen atoms in total. The van der Waals surface area contributed by atoms with Crippen LogP contribution in [0.4, 0.5) is 5.69 Å². The van der Waals surface area contributed by atoms with Crippen molar-refractivity contribution >= 4 is 11.6 Å². The largest absolute Gasteiger partial charge is 0.370 e. The maximum Gasteiger partial charge on any atom is 0.193 e. The van der Waals surface area contributed by atoms with Gasteiger partial charge in [-0.25, -0.2) is 4.99 Å². The molecule has 1 aromatic rings. The molecule has 0 spiro atoms. The molecule has 0 aliphatic heterocycles. The van der Waals surface area contributed by atoms with E-state index in [9.17, 15) is 0 Å². The highest BCUT2D eigenvalue weighted by molar-refractivity contribution is 5.92. The fourth-order valence-electron chi connectivity index (χ4n) is 1.72. The van der Waals surface area contributed by atoms with Gasteiger partial charge in [-0.3, -0.25) is 0 Å². The van der Waals surface area contributed by atoms with Crippen LogP contribution in [0.25, 0.3) is 0 Å². The summed E-state index contributed by atoms with van der Waals surface area (Å²) in [5.74, 6) is 0.536. The summed E-state index contributed by atoms with van der Waals surface area (Å²) in [6, 6.07) is 8.75. The van der Waals surface area contributed by atoms with Crippen LogP contribution in [-0.2, 0) is 6.42 Å². The zero-order valence-electron chi connectivity index (χ0n) is 9.74. The topological polar surface area (TPSA) is 50.4 Å². The predicted octanol–water partition coefficient (Wildman–Crippen LogP) is 2.53. The van der Waals surface area contributed by atoms with Crippen LogP contribution in [-0.4, -0.2) is 12.0 Å². The number of nitrogens with two attached hydrogens (primary N) is 1. The van der Waals surface area contributed by atoms with Crippen molar-refractivity contribution in [3.05, 3.63) is 29.8 Å². The van der Waals surface area contributed by atoms with E-state index in [0.717, 1.165) is 12.1 Å². The highest BCUT2D eigenvalue weighted by Crippen LogP contribution is 2.21. The lowest BCUT2D eigenvalue weighted by Gasteiger charge is -2.21. The van der Waals surface area contributed by atoms with E-state index < -0.39 is 0 Å². The number of nitrogens with one attached hydrogen (secondary N) is 1. The molecular weight excluding hydrogens is 198 g/mol. The lowest BCUT2D eigenvalue weighted by atomic mass is 9.94. The van der Waals surface area contributed by atoms with Crippen molar-refractivity contribution in [1.29, 1.82) is 0 Å². The third kappa shape index (κ3) is 2.75. The van der Waals surface area contributed by atoms with Gasteiger partial charge in [-0.2, -0.15) is 0 Å². The first-order chi connectivity index (χ1) is 7.78. The lowest BCUT2D eigenvalue weighted by molar-refractivity contribution is 0.420. The minimum Gasteiger partial charge on any atom is -0.370 e. The van der Waals surface area contributed by atoms with E-state index in [4.69, 9.17) is 5.73 Å². The van der Waals surface area contributed by atoms with Gasteiger partial charge in [0, 0.05) is 5.69 Å². The van der Waals surface area contributed by atoms with Crippen molar-refractivity contribution in [2.45, 2.75) is 38.6 Å². The second kappa shape index (κ2) is 5.01. The van der Waals surface area contributed by atoms with Crippen LogP contribution in [0.15, 0.2) is 29.3 Å². The Balaban J connectivity index is 1.94. The Morgan fingerprint density at radius 2 is 2.06 bits per heavy atom. The van der Waals surface area contributed by atoms with Gasteiger partial charge in [0.05, 0.1) is 6.04 Å². The summed E-state index contributed by atoms with van der Waals surface area (Å²) in [5, 5.41) is 3.12. The fraction of sp³-hybridized carbons (Fsp3) is 0.462. The van der Waals surface area contributed by atoms with Crippen LogP contribution < -0.4 is 11.1 Å². The number of nitrogens with zero attached hydrogens (tertiary/aromatic N) is 1. The Morgan fingerprint density at radius 3 is 2.56 bits per heavy atom. The number of rotatable bonds is 3. The number of benzene rings is 1. The molecule has 0 atom stereocenters. The quantitative estimate of drug-likeness (QED) is 0.604. The van der Waals surface area contributed by atoms with E-state index in [-0.39, 0.29) is 0 Å². The number of anilines is 1. The van der Waals surface area contributed by atoms with Crippen molar-refractivity contribution in [3.63, 3.8) is 0 Å². The Kier molecular flexibility index (Phi) is 3.44. The van der Waals surface area contributed by atoms with E-state index in [1.807, 2.05) is 12.1 Å². The molecule has 0 heterocycles. The van der Waals surface area contributed by atoms with Crippen LogP contribution in [0.1, 0.15) is 31.7 Å². The summed E-state index contributed by atoms with van der Waals surface area (Å²) < 4.78 is 0. The van der Waals surface area contributed by atoms with Crippen molar-refractivity contribution in [2.24, 2.45) is 10.7 Å². The molecule has 0 unspecified atom stereocenters. The molecule has 86 valence electrons. The molecule has 3 N–H and O–H groups in total. The standard InChI is InChI=1S/C13H19N3/c1-2-10-6-8-12(9-7-10)16-13(14)15-11-4-3-5-11/h6-9,11H,2-5H2,1H3,(H3,14,15,16). The van der Waals surface area contributed by atoms with E-state index in [2.05, 4.69) is 29.4 Å². The minimum absolute atomic E-state index is 0.447. The van der Waals surface area contributed by atoms with Crippen LogP contribution >= 0.6 is 0 Å². The van der Waals surface area contributed by atoms with Gasteiger partial charge in [-0.15, -0.1) is 0 Å². The number of hydrogen-bond acceptors (Lipinski definition) is 1. The van der Waals surface area contributed by atoms with Crippen molar-refractivity contribution in [2.75, 3.05) is 5.32 Å². The molecule has 0 aromatic heterocycles. The zero-order chi connectivity index (χ0) is 11.4. The monoisotopic (exact) mass is 217 g/mol. The zero-order valence-corrected chi connectivity index (χ0v) is 9.74. The van der Waals surface area contributed by atoms with Gasteiger partial charge < -0.3 is 11.1 Å². The average Bonchev–Trinajstić information content (AvgIpc) is 2.25. The maximum absolute atomic E-state index is 5.83. The van der Waals surface area contributed by atoms with Crippen LogP contribution in [0.3, 0.4) is 0 Å².